The van der Waals surface area contributed by atoms with Gasteiger partial charge >= 0.3 is 0 Å². The second-order valence-corrected chi connectivity index (χ2v) is 7.98. The topological polar surface area (TPSA) is 119 Å². The van der Waals surface area contributed by atoms with E-state index < -0.39 is 5.92 Å². The van der Waals surface area contributed by atoms with Gasteiger partial charge in [0.25, 0.3) is 5.91 Å². The molecule has 5 heterocycles. The third kappa shape index (κ3) is 3.64. The third-order valence-corrected chi connectivity index (χ3v) is 5.68. The van der Waals surface area contributed by atoms with E-state index in [0.29, 0.717) is 34.2 Å². The molecule has 1 unspecified atom stereocenters. The maximum atomic E-state index is 13.2. The van der Waals surface area contributed by atoms with Crippen molar-refractivity contribution in [3.05, 3.63) is 99.8 Å². The van der Waals surface area contributed by atoms with E-state index in [-0.39, 0.29) is 36.2 Å². The lowest BCUT2D eigenvalue weighted by molar-refractivity contribution is 0.0735. The van der Waals surface area contributed by atoms with Gasteiger partial charge in [-0.25, -0.2) is 0 Å². The first kappa shape index (κ1) is 20.5. The molecule has 0 radical (unpaired) electrons. The zero-order valence-electron chi connectivity index (χ0n) is 18.1. The van der Waals surface area contributed by atoms with E-state index in [2.05, 4.69) is 6.07 Å². The Balaban J connectivity index is 1.66. The summed E-state index contributed by atoms with van der Waals surface area (Å²) in [5, 5.41) is 9.86. The zero-order valence-corrected chi connectivity index (χ0v) is 18.1. The van der Waals surface area contributed by atoms with Crippen LogP contribution in [0, 0.1) is 25.2 Å². The predicted octanol–water partition coefficient (Wildman–Crippen LogP) is 4.38. The van der Waals surface area contributed by atoms with Crippen LogP contribution < -0.4 is 5.73 Å². The van der Waals surface area contributed by atoms with Crippen molar-refractivity contribution in [2.75, 3.05) is 13.1 Å². The fraction of sp³-hybridized carbons (Fsp3) is 0.200. The Morgan fingerprint density at radius 2 is 1.94 bits per heavy atom. The van der Waals surface area contributed by atoms with Gasteiger partial charge in [-0.15, -0.1) is 0 Å². The Morgan fingerprint density at radius 1 is 1.15 bits per heavy atom. The molecule has 1 atom stereocenters. The van der Waals surface area contributed by atoms with Gasteiger partial charge in [-0.05, 0) is 56.3 Å². The highest BCUT2D eigenvalue weighted by molar-refractivity contribution is 5.92. The molecule has 3 aromatic heterocycles. The Morgan fingerprint density at radius 3 is 2.58 bits per heavy atom. The number of carbonyl (C=O) groups is 1. The number of allylic oxidation sites excluding steroid dienone is 1. The molecule has 166 valence electrons. The largest absolute Gasteiger partial charge is 0.465 e. The van der Waals surface area contributed by atoms with E-state index in [1.807, 2.05) is 44.2 Å². The number of amides is 1. The van der Waals surface area contributed by atoms with Crippen molar-refractivity contribution < 1.29 is 22.8 Å². The molecule has 1 amide bonds. The number of furan rings is 3. The lowest BCUT2D eigenvalue weighted by Crippen LogP contribution is -2.41. The molecule has 33 heavy (non-hydrogen) atoms. The second-order valence-electron chi connectivity index (χ2n) is 7.98. The van der Waals surface area contributed by atoms with Gasteiger partial charge in [0, 0.05) is 17.7 Å². The van der Waals surface area contributed by atoms with E-state index in [0.717, 1.165) is 5.76 Å². The van der Waals surface area contributed by atoms with Crippen LogP contribution in [0.2, 0.25) is 0 Å². The van der Waals surface area contributed by atoms with Crippen LogP contribution in [0.25, 0.3) is 6.08 Å². The summed E-state index contributed by atoms with van der Waals surface area (Å²) in [6.07, 6.45) is 3.28. The number of hydrogen-bond acceptors (Lipinski definition) is 7. The smallest absolute Gasteiger partial charge is 0.290 e. The molecule has 8 nitrogen and oxygen atoms in total. The summed E-state index contributed by atoms with van der Waals surface area (Å²) in [6.45, 7) is 4.14. The van der Waals surface area contributed by atoms with E-state index in [4.69, 9.17) is 23.7 Å². The first-order chi connectivity index (χ1) is 15.9. The maximum absolute atomic E-state index is 13.2. The molecule has 2 aliphatic rings. The lowest BCUT2D eigenvalue weighted by Gasteiger charge is -2.37. The molecule has 0 saturated carbocycles. The van der Waals surface area contributed by atoms with E-state index in [9.17, 15) is 10.1 Å². The zero-order chi connectivity index (χ0) is 23.1. The number of nitriles is 1. The summed E-state index contributed by atoms with van der Waals surface area (Å²) in [5.74, 6) is 2.54. The molecule has 0 fully saturated rings. The van der Waals surface area contributed by atoms with Crippen molar-refractivity contribution in [3.8, 4) is 6.07 Å². The highest BCUT2D eigenvalue weighted by Gasteiger charge is 2.40. The average Bonchev–Trinajstić information content (AvgIpc) is 3.55. The summed E-state index contributed by atoms with van der Waals surface area (Å²) >= 11 is 0. The summed E-state index contributed by atoms with van der Waals surface area (Å²) < 4.78 is 22.9. The van der Waals surface area contributed by atoms with Gasteiger partial charge in [-0.2, -0.15) is 5.26 Å². The molecule has 8 heteroatoms. The van der Waals surface area contributed by atoms with Crippen LogP contribution in [0.4, 0.5) is 0 Å². The number of carbonyl (C=O) groups excluding carboxylic acids is 1. The summed E-state index contributed by atoms with van der Waals surface area (Å²) in [5.41, 5.74) is 7.81. The summed E-state index contributed by atoms with van der Waals surface area (Å²) in [6, 6.07) is 12.8. The van der Waals surface area contributed by atoms with Gasteiger partial charge in [-0.3, -0.25) is 4.79 Å². The number of ether oxygens (including phenoxy) is 1. The number of hydrogen-bond donors (Lipinski definition) is 1. The molecule has 0 saturated heterocycles. The molecular formula is C25H21N3O5. The summed E-state index contributed by atoms with van der Waals surface area (Å²) in [7, 11) is 0. The van der Waals surface area contributed by atoms with Crippen LogP contribution >= 0.6 is 0 Å². The first-order valence-corrected chi connectivity index (χ1v) is 10.4. The molecule has 0 aliphatic carbocycles. The minimum atomic E-state index is -0.582. The van der Waals surface area contributed by atoms with Crippen LogP contribution in [0.1, 0.15) is 39.5 Å². The van der Waals surface area contributed by atoms with Crippen LogP contribution in [-0.4, -0.2) is 23.9 Å². The Kier molecular flexibility index (Phi) is 4.94. The SMILES string of the molecule is Cc1ccc(/C=C2\CN(C(=O)c3ccco3)CC3=C2OC(N)=C(C#N)C3c2ccc(C)o2)o1. The first-order valence-electron chi connectivity index (χ1n) is 10.4. The molecule has 0 aromatic carbocycles. The monoisotopic (exact) mass is 443 g/mol. The number of nitrogens with zero attached hydrogens (tertiary/aromatic N) is 2. The van der Waals surface area contributed by atoms with Crippen molar-refractivity contribution in [2.24, 2.45) is 5.73 Å². The average molecular weight is 443 g/mol. The number of aryl methyl sites for hydroxylation is 2. The minimum absolute atomic E-state index is 0.0163. The van der Waals surface area contributed by atoms with Crippen molar-refractivity contribution in [3.63, 3.8) is 0 Å². The maximum Gasteiger partial charge on any atom is 0.290 e. The van der Waals surface area contributed by atoms with Gasteiger partial charge in [-0.1, -0.05) is 0 Å². The van der Waals surface area contributed by atoms with Crippen LogP contribution in [0.3, 0.4) is 0 Å². The summed E-state index contributed by atoms with van der Waals surface area (Å²) in [4.78, 5) is 14.8. The normalized spacial score (nSPS) is 19.5. The molecule has 2 N–H and O–H groups in total. The van der Waals surface area contributed by atoms with Crippen molar-refractivity contribution >= 4 is 12.0 Å². The molecule has 2 aliphatic heterocycles. The van der Waals surface area contributed by atoms with Gasteiger partial charge in [0.05, 0.1) is 18.7 Å². The molecular weight excluding hydrogens is 422 g/mol. The number of rotatable bonds is 3. The van der Waals surface area contributed by atoms with Gasteiger partial charge in [0.15, 0.2) is 5.76 Å². The van der Waals surface area contributed by atoms with Crippen molar-refractivity contribution in [1.29, 1.82) is 5.26 Å². The van der Waals surface area contributed by atoms with Gasteiger partial charge in [0.1, 0.15) is 40.4 Å². The lowest BCUT2D eigenvalue weighted by atomic mass is 9.83. The predicted molar refractivity (Wildman–Crippen MR) is 117 cm³/mol. The van der Waals surface area contributed by atoms with E-state index in [1.165, 1.54) is 6.26 Å². The standard InChI is InChI=1S/C25H21N3O5/c1-14-5-7-17(31-14)10-16-12-28(25(29)21-4-3-9-30-21)13-19-22(20-8-6-15(2)32-20)18(11-26)24(27)33-23(16)19/h3-10,22H,12-13,27H2,1-2H3/b16-10+. The molecule has 0 spiro atoms. The molecule has 3 aromatic rings. The quantitative estimate of drug-likeness (QED) is 0.638. The fourth-order valence-electron chi connectivity index (χ4n) is 4.21. The van der Waals surface area contributed by atoms with E-state index in [1.54, 1.807) is 17.0 Å². The molecule has 0 bridgehead atoms. The van der Waals surface area contributed by atoms with Crippen molar-refractivity contribution in [2.45, 2.75) is 19.8 Å². The van der Waals surface area contributed by atoms with Crippen molar-refractivity contribution in [1.82, 2.24) is 4.90 Å². The highest BCUT2D eigenvalue weighted by Crippen LogP contribution is 2.44. The van der Waals surface area contributed by atoms with E-state index >= 15 is 0 Å². The van der Waals surface area contributed by atoms with Gasteiger partial charge < -0.3 is 28.6 Å². The minimum Gasteiger partial charge on any atom is -0.465 e. The van der Waals surface area contributed by atoms with Gasteiger partial charge in [0.2, 0.25) is 5.88 Å². The Labute approximate surface area is 189 Å². The third-order valence-electron chi connectivity index (χ3n) is 5.68. The highest BCUT2D eigenvalue weighted by atomic mass is 16.5. The fourth-order valence-corrected chi connectivity index (χ4v) is 4.21. The number of nitrogens with two attached hydrogens (primary N) is 1. The van der Waals surface area contributed by atoms with Crippen LogP contribution in [-0.2, 0) is 4.74 Å². The Bertz CT molecular complexity index is 1360. The Hall–Kier alpha value is -4.38. The van der Waals surface area contributed by atoms with Crippen LogP contribution in [0.15, 0.2) is 84.3 Å². The molecule has 5 rings (SSSR count). The second kappa shape index (κ2) is 7.95. The van der Waals surface area contributed by atoms with Crippen LogP contribution in [0.5, 0.6) is 0 Å².